The van der Waals surface area contributed by atoms with Gasteiger partial charge in [0.2, 0.25) is 11.8 Å². The molecule has 1 aliphatic rings. The van der Waals surface area contributed by atoms with Crippen molar-refractivity contribution in [2.24, 2.45) is 0 Å². The molecular formula is C20H22N4O3. The smallest absolute Gasteiger partial charge is 0.283 e. The number of hydrogen-bond acceptors (Lipinski definition) is 6. The Morgan fingerprint density at radius 1 is 1.19 bits per heavy atom. The van der Waals surface area contributed by atoms with Gasteiger partial charge in [0, 0.05) is 11.6 Å². The van der Waals surface area contributed by atoms with Crippen LogP contribution in [0.25, 0.3) is 11.7 Å². The molecule has 0 aliphatic carbocycles. The van der Waals surface area contributed by atoms with Gasteiger partial charge in [-0.3, -0.25) is 9.69 Å². The van der Waals surface area contributed by atoms with Gasteiger partial charge in [0.25, 0.3) is 5.89 Å². The van der Waals surface area contributed by atoms with Gasteiger partial charge < -0.3 is 14.2 Å². The minimum atomic E-state index is 0.0145. The molecule has 1 fully saturated rings. The maximum absolute atomic E-state index is 12.3. The Balaban J connectivity index is 1.29. The topological polar surface area (TPSA) is 84.4 Å². The van der Waals surface area contributed by atoms with Gasteiger partial charge in [-0.1, -0.05) is 18.2 Å². The second-order valence-corrected chi connectivity index (χ2v) is 6.84. The van der Waals surface area contributed by atoms with E-state index < -0.39 is 0 Å². The fourth-order valence-corrected chi connectivity index (χ4v) is 3.34. The number of carbonyl (C=O) groups is 1. The number of aryl methyl sites for hydroxylation is 1. The number of benzene rings is 1. The van der Waals surface area contributed by atoms with Crippen LogP contribution in [0.1, 0.15) is 30.2 Å². The van der Waals surface area contributed by atoms with E-state index in [0.717, 1.165) is 37.2 Å². The average molecular weight is 366 g/mol. The zero-order valence-corrected chi connectivity index (χ0v) is 15.2. The molecule has 1 aliphatic heterocycles. The molecule has 7 nitrogen and oxygen atoms in total. The van der Waals surface area contributed by atoms with Gasteiger partial charge in [-0.25, -0.2) is 0 Å². The van der Waals surface area contributed by atoms with Gasteiger partial charge in [-0.05, 0) is 56.6 Å². The van der Waals surface area contributed by atoms with Crippen molar-refractivity contribution in [2.75, 3.05) is 25.0 Å². The summed E-state index contributed by atoms with van der Waals surface area (Å²) in [4.78, 5) is 14.5. The van der Waals surface area contributed by atoms with Gasteiger partial charge in [0.1, 0.15) is 0 Å². The summed E-state index contributed by atoms with van der Waals surface area (Å²) in [6, 6.07) is 11.4. The average Bonchev–Trinajstić information content (AvgIpc) is 3.36. The van der Waals surface area contributed by atoms with E-state index in [1.54, 1.807) is 18.4 Å². The molecule has 4 rings (SSSR count). The first-order valence-corrected chi connectivity index (χ1v) is 9.14. The van der Waals surface area contributed by atoms with E-state index in [2.05, 4.69) is 20.4 Å². The van der Waals surface area contributed by atoms with Crippen LogP contribution in [0.2, 0.25) is 0 Å². The maximum atomic E-state index is 12.3. The number of likely N-dealkylation sites (tertiary alicyclic amines) is 1. The molecular weight excluding hydrogens is 344 g/mol. The molecule has 0 spiro atoms. The predicted octanol–water partition coefficient (Wildman–Crippen LogP) is 3.46. The molecule has 2 aromatic heterocycles. The van der Waals surface area contributed by atoms with Gasteiger partial charge in [-0.2, -0.15) is 0 Å². The number of amides is 1. The summed E-state index contributed by atoms with van der Waals surface area (Å²) < 4.78 is 11.1. The van der Waals surface area contributed by atoms with E-state index in [1.165, 1.54) is 0 Å². The fraction of sp³-hybridized carbons (Fsp3) is 0.350. The number of aromatic nitrogens is 2. The predicted molar refractivity (Wildman–Crippen MR) is 100 cm³/mol. The molecule has 140 valence electrons. The maximum Gasteiger partial charge on any atom is 0.283 e. The van der Waals surface area contributed by atoms with Gasteiger partial charge in [0.15, 0.2) is 5.76 Å². The molecule has 0 atom stereocenters. The Morgan fingerprint density at radius 2 is 2.00 bits per heavy atom. The summed E-state index contributed by atoms with van der Waals surface area (Å²) in [6.45, 7) is 4.03. The Hall–Kier alpha value is -2.93. The lowest BCUT2D eigenvalue weighted by Gasteiger charge is -2.29. The summed E-state index contributed by atoms with van der Waals surface area (Å²) in [6.07, 6.45) is 3.36. The van der Waals surface area contributed by atoms with Crippen LogP contribution < -0.4 is 5.32 Å². The number of nitrogens with zero attached hydrogens (tertiary/aromatic N) is 3. The molecule has 1 aromatic carbocycles. The highest BCUT2D eigenvalue weighted by Gasteiger charge is 2.26. The van der Waals surface area contributed by atoms with Crippen LogP contribution in [0.15, 0.2) is 51.5 Å². The third-order valence-electron chi connectivity index (χ3n) is 4.90. The van der Waals surface area contributed by atoms with Crippen LogP contribution in [0.5, 0.6) is 0 Å². The van der Waals surface area contributed by atoms with E-state index in [4.69, 9.17) is 8.83 Å². The number of furan rings is 1. The quantitative estimate of drug-likeness (QED) is 0.744. The first kappa shape index (κ1) is 17.5. The minimum Gasteiger partial charge on any atom is -0.459 e. The van der Waals surface area contributed by atoms with Crippen LogP contribution in [-0.4, -0.2) is 40.6 Å². The Labute approximate surface area is 157 Å². The standard InChI is InChI=1S/C20H22N4O3/c1-14-5-2-3-6-16(14)21-18(25)13-24-10-8-15(9-11-24)19-22-23-20(27-19)17-7-4-12-26-17/h2-7,12,15H,8-11,13H2,1H3,(H,21,25). The molecule has 7 heteroatoms. The van der Waals surface area contributed by atoms with Crippen LogP contribution in [0.3, 0.4) is 0 Å². The molecule has 0 unspecified atom stereocenters. The molecule has 0 saturated carbocycles. The van der Waals surface area contributed by atoms with E-state index in [1.807, 2.05) is 31.2 Å². The third-order valence-corrected chi connectivity index (χ3v) is 4.90. The largest absolute Gasteiger partial charge is 0.459 e. The van der Waals surface area contributed by atoms with Crippen molar-refractivity contribution < 1.29 is 13.6 Å². The number of nitrogens with one attached hydrogen (secondary N) is 1. The first-order valence-electron chi connectivity index (χ1n) is 9.14. The lowest BCUT2D eigenvalue weighted by atomic mass is 9.97. The monoisotopic (exact) mass is 366 g/mol. The molecule has 0 bridgehead atoms. The van der Waals surface area contributed by atoms with Crippen molar-refractivity contribution in [1.82, 2.24) is 15.1 Å². The minimum absolute atomic E-state index is 0.0145. The number of rotatable bonds is 5. The van der Waals surface area contributed by atoms with Crippen molar-refractivity contribution in [3.63, 3.8) is 0 Å². The summed E-state index contributed by atoms with van der Waals surface area (Å²) >= 11 is 0. The molecule has 3 heterocycles. The molecule has 1 amide bonds. The van der Waals surface area contributed by atoms with Crippen LogP contribution >= 0.6 is 0 Å². The molecule has 3 aromatic rings. The third kappa shape index (κ3) is 4.09. The highest BCUT2D eigenvalue weighted by molar-refractivity contribution is 5.92. The highest BCUT2D eigenvalue weighted by Crippen LogP contribution is 2.29. The molecule has 27 heavy (non-hydrogen) atoms. The van der Waals surface area contributed by atoms with Crippen molar-refractivity contribution in [1.29, 1.82) is 0 Å². The van der Waals surface area contributed by atoms with Crippen molar-refractivity contribution in [3.8, 4) is 11.7 Å². The van der Waals surface area contributed by atoms with Crippen LogP contribution in [0, 0.1) is 6.92 Å². The Morgan fingerprint density at radius 3 is 2.74 bits per heavy atom. The van der Waals surface area contributed by atoms with Crippen molar-refractivity contribution in [3.05, 3.63) is 54.1 Å². The molecule has 0 radical (unpaired) electrons. The van der Waals surface area contributed by atoms with Crippen LogP contribution in [0.4, 0.5) is 5.69 Å². The van der Waals surface area contributed by atoms with Crippen LogP contribution in [-0.2, 0) is 4.79 Å². The van der Waals surface area contributed by atoms with Crippen molar-refractivity contribution >= 4 is 11.6 Å². The second-order valence-electron chi connectivity index (χ2n) is 6.84. The van der Waals surface area contributed by atoms with Crippen molar-refractivity contribution in [2.45, 2.75) is 25.7 Å². The number of hydrogen-bond donors (Lipinski definition) is 1. The summed E-state index contributed by atoms with van der Waals surface area (Å²) in [5.74, 6) is 1.87. The molecule has 1 saturated heterocycles. The Bertz CT molecular complexity index is 896. The van der Waals surface area contributed by atoms with E-state index in [-0.39, 0.29) is 11.8 Å². The van der Waals surface area contributed by atoms with Gasteiger partial charge in [0.05, 0.1) is 12.8 Å². The normalized spacial score (nSPS) is 15.7. The summed E-state index contributed by atoms with van der Waals surface area (Å²) in [5.41, 5.74) is 1.93. The van der Waals surface area contributed by atoms with Gasteiger partial charge in [-0.15, -0.1) is 10.2 Å². The zero-order valence-electron chi connectivity index (χ0n) is 15.2. The van der Waals surface area contributed by atoms with E-state index in [9.17, 15) is 4.79 Å². The zero-order chi connectivity index (χ0) is 18.6. The van der Waals surface area contributed by atoms with E-state index >= 15 is 0 Å². The highest BCUT2D eigenvalue weighted by atomic mass is 16.4. The lowest BCUT2D eigenvalue weighted by molar-refractivity contribution is -0.117. The number of anilines is 1. The van der Waals surface area contributed by atoms with E-state index in [0.29, 0.717) is 24.1 Å². The number of piperidine rings is 1. The fourth-order valence-electron chi connectivity index (χ4n) is 3.34. The molecule has 1 N–H and O–H groups in total. The second kappa shape index (κ2) is 7.75. The summed E-state index contributed by atoms with van der Waals surface area (Å²) in [7, 11) is 0. The Kier molecular flexibility index (Phi) is 5.02. The lowest BCUT2D eigenvalue weighted by Crippen LogP contribution is -2.38. The number of para-hydroxylation sites is 1. The summed E-state index contributed by atoms with van der Waals surface area (Å²) in [5, 5.41) is 11.2. The SMILES string of the molecule is Cc1ccccc1NC(=O)CN1CCC(c2nnc(-c3ccco3)o2)CC1. The first-order chi connectivity index (χ1) is 13.2. The van der Waals surface area contributed by atoms with Gasteiger partial charge >= 0.3 is 0 Å². The number of carbonyl (C=O) groups excluding carboxylic acids is 1.